The van der Waals surface area contributed by atoms with Crippen molar-refractivity contribution in [2.75, 3.05) is 0 Å². The first-order valence-corrected chi connectivity index (χ1v) is 6.44. The molecule has 0 saturated heterocycles. The summed E-state index contributed by atoms with van der Waals surface area (Å²) in [5, 5.41) is 11.4. The summed E-state index contributed by atoms with van der Waals surface area (Å²) in [7, 11) is 0. The minimum Gasteiger partial charge on any atom is -0.507 e. The third-order valence-electron chi connectivity index (χ3n) is 2.58. The van der Waals surface area contributed by atoms with Gasteiger partial charge in [0, 0.05) is 12.8 Å². The van der Waals surface area contributed by atoms with Gasteiger partial charge in [0.25, 0.3) is 0 Å². The van der Waals surface area contributed by atoms with Crippen LogP contribution < -0.4 is 0 Å². The van der Waals surface area contributed by atoms with Crippen molar-refractivity contribution in [3.8, 4) is 5.75 Å². The Bertz CT molecular complexity index is 558. The Morgan fingerprint density at radius 1 is 1.00 bits per heavy atom. The smallest absolute Gasteiger partial charge is 0.173 e. The van der Waals surface area contributed by atoms with E-state index in [0.29, 0.717) is 4.88 Å². The lowest BCUT2D eigenvalue weighted by Crippen LogP contribution is -2.04. The number of carbonyl (C=O) groups excluding carboxylic acids is 2. The second-order valence-electron chi connectivity index (χ2n) is 3.84. The summed E-state index contributed by atoms with van der Waals surface area (Å²) in [6.07, 6.45) is 0.294. The number of hydrogen-bond donors (Lipinski definition) is 1. The molecule has 0 unspecified atom stereocenters. The molecule has 1 N–H and O–H groups in total. The van der Waals surface area contributed by atoms with Gasteiger partial charge in [-0.05, 0) is 23.6 Å². The van der Waals surface area contributed by atoms with Gasteiger partial charge in [0.05, 0.1) is 10.4 Å². The van der Waals surface area contributed by atoms with E-state index in [1.54, 1.807) is 24.3 Å². The highest BCUT2D eigenvalue weighted by Gasteiger charge is 2.13. The molecule has 2 aromatic rings. The Morgan fingerprint density at radius 2 is 1.72 bits per heavy atom. The van der Waals surface area contributed by atoms with E-state index in [1.165, 1.54) is 17.4 Å². The predicted molar refractivity (Wildman–Crippen MR) is 70.3 cm³/mol. The highest BCUT2D eigenvalue weighted by molar-refractivity contribution is 7.12. The molecule has 0 bridgehead atoms. The molecule has 0 spiro atoms. The summed E-state index contributed by atoms with van der Waals surface area (Å²) >= 11 is 1.37. The molecule has 2 rings (SSSR count). The quantitative estimate of drug-likeness (QED) is 0.839. The van der Waals surface area contributed by atoms with Crippen LogP contribution in [0.2, 0.25) is 0 Å². The Labute approximate surface area is 109 Å². The third-order valence-corrected chi connectivity index (χ3v) is 3.49. The zero-order chi connectivity index (χ0) is 13.0. The second-order valence-corrected chi connectivity index (χ2v) is 4.79. The summed E-state index contributed by atoms with van der Waals surface area (Å²) in [6.45, 7) is 0. The van der Waals surface area contributed by atoms with E-state index >= 15 is 0 Å². The van der Waals surface area contributed by atoms with Crippen LogP contribution in [0.5, 0.6) is 5.75 Å². The van der Waals surface area contributed by atoms with Crippen molar-refractivity contribution in [1.29, 1.82) is 0 Å². The summed E-state index contributed by atoms with van der Waals surface area (Å²) < 4.78 is 0. The number of benzene rings is 1. The Hall–Kier alpha value is -1.94. The summed E-state index contributed by atoms with van der Waals surface area (Å²) in [4.78, 5) is 24.2. The first-order chi connectivity index (χ1) is 8.68. The van der Waals surface area contributed by atoms with Gasteiger partial charge in [-0.25, -0.2) is 0 Å². The number of phenolic OH excluding ortho intramolecular Hbond substituents is 1. The highest BCUT2D eigenvalue weighted by atomic mass is 32.1. The van der Waals surface area contributed by atoms with Gasteiger partial charge in [0.1, 0.15) is 5.75 Å². The normalized spacial score (nSPS) is 10.2. The molecule has 0 amide bonds. The second kappa shape index (κ2) is 5.60. The molecule has 3 nitrogen and oxygen atoms in total. The lowest BCUT2D eigenvalue weighted by molar-refractivity contribution is 0.0918. The Kier molecular flexibility index (Phi) is 3.89. The maximum atomic E-state index is 11.8. The topological polar surface area (TPSA) is 54.4 Å². The highest BCUT2D eigenvalue weighted by Crippen LogP contribution is 2.19. The van der Waals surface area contributed by atoms with Crippen LogP contribution >= 0.6 is 11.3 Å². The molecular weight excluding hydrogens is 248 g/mol. The van der Waals surface area contributed by atoms with E-state index in [2.05, 4.69) is 0 Å². The summed E-state index contributed by atoms with van der Waals surface area (Å²) in [5.41, 5.74) is 0.275. The van der Waals surface area contributed by atoms with Crippen LogP contribution in [-0.4, -0.2) is 16.7 Å². The largest absolute Gasteiger partial charge is 0.507 e. The Balaban J connectivity index is 1.97. The van der Waals surface area contributed by atoms with Crippen molar-refractivity contribution >= 4 is 22.9 Å². The number of hydrogen-bond acceptors (Lipinski definition) is 4. The van der Waals surface area contributed by atoms with E-state index in [1.807, 2.05) is 11.4 Å². The number of para-hydroxylation sites is 1. The van der Waals surface area contributed by atoms with Crippen LogP contribution in [0.1, 0.15) is 32.9 Å². The number of carbonyl (C=O) groups is 2. The lowest BCUT2D eigenvalue weighted by Gasteiger charge is -2.02. The van der Waals surface area contributed by atoms with Crippen LogP contribution in [0.15, 0.2) is 41.8 Å². The van der Waals surface area contributed by atoms with Crippen molar-refractivity contribution in [3.05, 3.63) is 52.2 Å². The number of aromatic hydroxyl groups is 1. The van der Waals surface area contributed by atoms with Gasteiger partial charge in [-0.3, -0.25) is 9.59 Å². The predicted octanol–water partition coefficient (Wildman–Crippen LogP) is 3.30. The Morgan fingerprint density at radius 3 is 2.39 bits per heavy atom. The molecule has 0 aliphatic rings. The molecule has 0 saturated carbocycles. The van der Waals surface area contributed by atoms with Crippen molar-refractivity contribution in [1.82, 2.24) is 0 Å². The molecule has 1 aromatic heterocycles. The van der Waals surface area contributed by atoms with Crippen LogP contribution in [0, 0.1) is 0 Å². The van der Waals surface area contributed by atoms with Crippen LogP contribution in [0.3, 0.4) is 0 Å². The average molecular weight is 260 g/mol. The van der Waals surface area contributed by atoms with E-state index < -0.39 is 0 Å². The minimum absolute atomic E-state index is 0.0335. The van der Waals surface area contributed by atoms with Gasteiger partial charge in [0.15, 0.2) is 11.6 Å². The first kappa shape index (κ1) is 12.5. The fourth-order valence-corrected chi connectivity index (χ4v) is 2.33. The van der Waals surface area contributed by atoms with Crippen LogP contribution in [-0.2, 0) is 0 Å². The van der Waals surface area contributed by atoms with Crippen LogP contribution in [0.25, 0.3) is 0 Å². The van der Waals surface area contributed by atoms with Gasteiger partial charge in [0.2, 0.25) is 0 Å². The third kappa shape index (κ3) is 2.84. The fourth-order valence-electron chi connectivity index (χ4n) is 1.63. The van der Waals surface area contributed by atoms with Gasteiger partial charge >= 0.3 is 0 Å². The van der Waals surface area contributed by atoms with E-state index in [0.717, 1.165) is 0 Å². The molecule has 0 aliphatic heterocycles. The van der Waals surface area contributed by atoms with E-state index in [9.17, 15) is 14.7 Å². The monoisotopic (exact) mass is 260 g/mol. The molecule has 4 heteroatoms. The number of thiophene rings is 1. The molecule has 1 aromatic carbocycles. The van der Waals surface area contributed by atoms with Crippen molar-refractivity contribution < 1.29 is 14.7 Å². The zero-order valence-electron chi connectivity index (χ0n) is 9.63. The standard InChI is InChI=1S/C14H12O3S/c15-11-5-2-1-4-10(11)12(16)7-8-13(17)14-6-3-9-18-14/h1-6,9,15H,7-8H2. The van der Waals surface area contributed by atoms with E-state index in [4.69, 9.17) is 0 Å². The number of rotatable bonds is 5. The van der Waals surface area contributed by atoms with Gasteiger partial charge in [-0.2, -0.15) is 0 Å². The van der Waals surface area contributed by atoms with Crippen molar-refractivity contribution in [2.45, 2.75) is 12.8 Å². The number of ketones is 2. The molecule has 0 radical (unpaired) electrons. The van der Waals surface area contributed by atoms with Gasteiger partial charge in [-0.1, -0.05) is 18.2 Å². The lowest BCUT2D eigenvalue weighted by atomic mass is 10.0. The van der Waals surface area contributed by atoms with Gasteiger partial charge < -0.3 is 5.11 Å². The van der Waals surface area contributed by atoms with E-state index in [-0.39, 0.29) is 35.7 Å². The molecule has 1 heterocycles. The average Bonchev–Trinajstić information content (AvgIpc) is 2.90. The summed E-state index contributed by atoms with van der Waals surface area (Å²) in [5.74, 6) is -0.280. The molecule has 92 valence electrons. The number of Topliss-reactive ketones (excluding diaryl/α,β-unsaturated/α-hetero) is 2. The molecule has 0 atom stereocenters. The van der Waals surface area contributed by atoms with Gasteiger partial charge in [-0.15, -0.1) is 11.3 Å². The van der Waals surface area contributed by atoms with Crippen LogP contribution in [0.4, 0.5) is 0 Å². The number of phenols is 1. The first-order valence-electron chi connectivity index (χ1n) is 5.56. The molecule has 0 aliphatic carbocycles. The van der Waals surface area contributed by atoms with Crippen molar-refractivity contribution in [2.24, 2.45) is 0 Å². The minimum atomic E-state index is -0.210. The molecule has 0 fully saturated rings. The van der Waals surface area contributed by atoms with Crippen molar-refractivity contribution in [3.63, 3.8) is 0 Å². The molecular formula is C14H12O3S. The molecule has 18 heavy (non-hydrogen) atoms. The maximum Gasteiger partial charge on any atom is 0.173 e. The maximum absolute atomic E-state index is 11.8. The zero-order valence-corrected chi connectivity index (χ0v) is 10.4. The summed E-state index contributed by atoms with van der Waals surface area (Å²) in [6, 6.07) is 9.93. The fraction of sp³-hybridized carbons (Fsp3) is 0.143. The SMILES string of the molecule is O=C(CCC(=O)c1ccccc1O)c1cccs1.